The Kier molecular flexibility index (Phi) is 14.7. The van der Waals surface area contributed by atoms with Crippen LogP contribution in [0.2, 0.25) is 0 Å². The molecule has 1 unspecified atom stereocenters. The fourth-order valence-electron chi connectivity index (χ4n) is 3.62. The number of carbonyl (C=O) groups excluding carboxylic acids is 1. The summed E-state index contributed by atoms with van der Waals surface area (Å²) in [5.74, 6) is -0.377. The van der Waals surface area contributed by atoms with Gasteiger partial charge in [-0.05, 0) is 25.7 Å². The zero-order chi connectivity index (χ0) is 19.7. The summed E-state index contributed by atoms with van der Waals surface area (Å²) in [6, 6.07) is 0. The second-order valence-corrected chi connectivity index (χ2v) is 7.84. The van der Waals surface area contributed by atoms with Gasteiger partial charge in [-0.25, -0.2) is 0 Å². The SMILES string of the molecule is CCCCCCCCCCC[C@@H](C[C@H](O)CC(=O)OC)OC1CCCCO1. The van der Waals surface area contributed by atoms with Crippen molar-refractivity contribution >= 4 is 5.97 Å². The maximum Gasteiger partial charge on any atom is 0.308 e. The second-order valence-electron chi connectivity index (χ2n) is 7.84. The molecule has 3 atom stereocenters. The highest BCUT2D eigenvalue weighted by atomic mass is 16.7. The molecule has 0 aromatic heterocycles. The predicted molar refractivity (Wildman–Crippen MR) is 108 cm³/mol. The molecule has 0 amide bonds. The minimum atomic E-state index is -0.718. The molecule has 0 bridgehead atoms. The Labute approximate surface area is 166 Å². The normalized spacial score (nSPS) is 19.6. The molecule has 1 aliphatic rings. The van der Waals surface area contributed by atoms with E-state index in [1.807, 2.05) is 0 Å². The van der Waals surface area contributed by atoms with Gasteiger partial charge < -0.3 is 19.3 Å². The number of hydrogen-bond donors (Lipinski definition) is 1. The third kappa shape index (κ3) is 13.2. The van der Waals surface area contributed by atoms with Crippen LogP contribution in [0.15, 0.2) is 0 Å². The summed E-state index contributed by atoms with van der Waals surface area (Å²) in [7, 11) is 1.35. The first-order valence-electron chi connectivity index (χ1n) is 11.2. The molecular weight excluding hydrogens is 344 g/mol. The Hall–Kier alpha value is -0.650. The molecule has 1 aliphatic heterocycles. The van der Waals surface area contributed by atoms with Gasteiger partial charge in [0.25, 0.3) is 0 Å². The van der Waals surface area contributed by atoms with Crippen molar-refractivity contribution in [2.24, 2.45) is 0 Å². The first kappa shape index (κ1) is 24.4. The van der Waals surface area contributed by atoms with E-state index in [0.717, 1.165) is 38.7 Å². The van der Waals surface area contributed by atoms with Crippen molar-refractivity contribution in [2.75, 3.05) is 13.7 Å². The molecule has 1 fully saturated rings. The standard InChI is InChI=1S/C22H42O5/c1-3-4-5-6-7-8-9-10-11-14-20(17-19(23)18-21(24)25-2)27-22-15-12-13-16-26-22/h19-20,22-23H,3-18H2,1-2H3/t19-,20-,22?/m0/s1. The molecule has 1 heterocycles. The highest BCUT2D eigenvalue weighted by molar-refractivity contribution is 5.69. The van der Waals surface area contributed by atoms with Gasteiger partial charge in [-0.1, -0.05) is 64.7 Å². The van der Waals surface area contributed by atoms with Crippen LogP contribution in [-0.2, 0) is 19.0 Å². The molecule has 1 saturated heterocycles. The van der Waals surface area contributed by atoms with Crippen LogP contribution >= 0.6 is 0 Å². The first-order chi connectivity index (χ1) is 13.2. The smallest absolute Gasteiger partial charge is 0.308 e. The Balaban J connectivity index is 2.25. The van der Waals surface area contributed by atoms with Crippen LogP contribution in [0.25, 0.3) is 0 Å². The zero-order valence-corrected chi connectivity index (χ0v) is 17.6. The number of aliphatic hydroxyl groups is 1. The topological polar surface area (TPSA) is 65.0 Å². The molecule has 0 spiro atoms. The van der Waals surface area contributed by atoms with Crippen molar-refractivity contribution in [3.05, 3.63) is 0 Å². The van der Waals surface area contributed by atoms with E-state index < -0.39 is 6.10 Å². The van der Waals surface area contributed by atoms with Crippen molar-refractivity contribution in [3.63, 3.8) is 0 Å². The lowest BCUT2D eigenvalue weighted by Gasteiger charge is -2.29. The van der Waals surface area contributed by atoms with E-state index in [0.29, 0.717) is 6.42 Å². The number of unbranched alkanes of at least 4 members (excludes halogenated alkanes) is 8. The average molecular weight is 387 g/mol. The summed E-state index contributed by atoms with van der Waals surface area (Å²) in [5.41, 5.74) is 0. The molecule has 1 rings (SSSR count). The molecule has 0 aromatic rings. The van der Waals surface area contributed by atoms with Crippen molar-refractivity contribution in [2.45, 2.75) is 122 Å². The van der Waals surface area contributed by atoms with E-state index >= 15 is 0 Å². The number of hydrogen-bond acceptors (Lipinski definition) is 5. The quantitative estimate of drug-likeness (QED) is 0.294. The number of methoxy groups -OCH3 is 1. The van der Waals surface area contributed by atoms with Crippen molar-refractivity contribution in [3.8, 4) is 0 Å². The Morgan fingerprint density at radius 2 is 1.74 bits per heavy atom. The lowest BCUT2D eigenvalue weighted by atomic mass is 10.0. The molecule has 5 nitrogen and oxygen atoms in total. The van der Waals surface area contributed by atoms with E-state index in [4.69, 9.17) is 9.47 Å². The van der Waals surface area contributed by atoms with Crippen LogP contribution in [0, 0.1) is 0 Å². The summed E-state index contributed by atoms with van der Waals surface area (Å²) >= 11 is 0. The third-order valence-corrected chi connectivity index (χ3v) is 5.28. The highest BCUT2D eigenvalue weighted by Crippen LogP contribution is 2.22. The molecule has 27 heavy (non-hydrogen) atoms. The molecule has 1 N–H and O–H groups in total. The van der Waals surface area contributed by atoms with E-state index in [2.05, 4.69) is 11.7 Å². The lowest BCUT2D eigenvalue weighted by molar-refractivity contribution is -0.194. The van der Waals surface area contributed by atoms with Crippen LogP contribution in [0.4, 0.5) is 0 Å². The van der Waals surface area contributed by atoms with Crippen LogP contribution in [0.1, 0.15) is 103 Å². The van der Waals surface area contributed by atoms with E-state index in [1.54, 1.807) is 0 Å². The molecule has 0 aliphatic carbocycles. The average Bonchev–Trinajstić information content (AvgIpc) is 2.67. The Morgan fingerprint density at radius 1 is 1.07 bits per heavy atom. The minimum absolute atomic E-state index is 0.0274. The fourth-order valence-corrected chi connectivity index (χ4v) is 3.62. The number of ether oxygens (including phenoxy) is 3. The van der Waals surface area contributed by atoms with Gasteiger partial charge in [-0.3, -0.25) is 4.79 Å². The summed E-state index contributed by atoms with van der Waals surface area (Å²) in [5, 5.41) is 10.2. The van der Waals surface area contributed by atoms with E-state index in [9.17, 15) is 9.90 Å². The molecule has 160 valence electrons. The van der Waals surface area contributed by atoms with Gasteiger partial charge in [0.05, 0.1) is 25.7 Å². The molecular formula is C22H42O5. The summed E-state index contributed by atoms with van der Waals surface area (Å²) in [4.78, 5) is 11.4. The number of esters is 1. The number of rotatable bonds is 16. The van der Waals surface area contributed by atoms with Gasteiger partial charge in [0.2, 0.25) is 0 Å². The monoisotopic (exact) mass is 386 g/mol. The van der Waals surface area contributed by atoms with Crippen molar-refractivity contribution in [1.29, 1.82) is 0 Å². The van der Waals surface area contributed by atoms with Gasteiger partial charge >= 0.3 is 5.97 Å². The fraction of sp³-hybridized carbons (Fsp3) is 0.955. The van der Waals surface area contributed by atoms with Crippen LogP contribution in [-0.4, -0.2) is 43.3 Å². The summed E-state index contributed by atoms with van der Waals surface area (Å²) < 4.78 is 16.5. The summed E-state index contributed by atoms with van der Waals surface area (Å²) in [6.07, 6.45) is 15.2. The van der Waals surface area contributed by atoms with Gasteiger partial charge in [0.15, 0.2) is 6.29 Å². The maximum absolute atomic E-state index is 11.4. The van der Waals surface area contributed by atoms with E-state index in [1.165, 1.54) is 58.5 Å². The van der Waals surface area contributed by atoms with Gasteiger partial charge in [-0.15, -0.1) is 0 Å². The predicted octanol–water partition coefficient (Wildman–Crippen LogP) is 5.13. The van der Waals surface area contributed by atoms with Gasteiger partial charge in [0.1, 0.15) is 0 Å². The minimum Gasteiger partial charge on any atom is -0.469 e. The third-order valence-electron chi connectivity index (χ3n) is 5.28. The maximum atomic E-state index is 11.4. The lowest BCUT2D eigenvalue weighted by Crippen LogP contribution is -2.31. The van der Waals surface area contributed by atoms with Crippen LogP contribution in [0.3, 0.4) is 0 Å². The molecule has 0 radical (unpaired) electrons. The number of carbonyl (C=O) groups is 1. The van der Waals surface area contributed by atoms with Crippen molar-refractivity contribution < 1.29 is 24.1 Å². The molecule has 5 heteroatoms. The summed E-state index contributed by atoms with van der Waals surface area (Å²) in [6.45, 7) is 3.00. The first-order valence-corrected chi connectivity index (χ1v) is 11.2. The number of aliphatic hydroxyl groups excluding tert-OH is 1. The Bertz CT molecular complexity index is 355. The van der Waals surface area contributed by atoms with Gasteiger partial charge in [-0.2, -0.15) is 0 Å². The van der Waals surface area contributed by atoms with Crippen LogP contribution in [0.5, 0.6) is 0 Å². The van der Waals surface area contributed by atoms with Crippen LogP contribution < -0.4 is 0 Å². The largest absolute Gasteiger partial charge is 0.469 e. The molecule has 0 aromatic carbocycles. The van der Waals surface area contributed by atoms with Gasteiger partial charge in [0, 0.05) is 13.0 Å². The van der Waals surface area contributed by atoms with Crippen molar-refractivity contribution in [1.82, 2.24) is 0 Å². The highest BCUT2D eigenvalue weighted by Gasteiger charge is 2.23. The zero-order valence-electron chi connectivity index (χ0n) is 17.6. The Morgan fingerprint density at radius 3 is 2.33 bits per heavy atom. The van der Waals surface area contributed by atoms with E-state index in [-0.39, 0.29) is 24.8 Å². The molecule has 0 saturated carbocycles. The second kappa shape index (κ2) is 16.3.